The van der Waals surface area contributed by atoms with Gasteiger partial charge in [-0.1, -0.05) is 30.3 Å². The Labute approximate surface area is 114 Å². The Hall–Kier alpha value is -2.90. The van der Waals surface area contributed by atoms with Gasteiger partial charge >= 0.3 is 12.0 Å². The summed E-state index contributed by atoms with van der Waals surface area (Å²) >= 11 is 0. The highest BCUT2D eigenvalue weighted by molar-refractivity contribution is 5.83. The van der Waals surface area contributed by atoms with E-state index in [2.05, 4.69) is 25.8 Å². The standard InChI is InChI=1S/C12H13N5O3/c18-11(19)10(8-4-2-1-3-5-8)16-12(20)13-6-9-14-7-15-17-9/h1-5,7,10H,6H2,(H,18,19)(H2,13,16,20)(H,14,15,17)/t10-/m0/s1. The molecule has 0 radical (unpaired) electrons. The van der Waals surface area contributed by atoms with Crippen LogP contribution in [-0.2, 0) is 11.3 Å². The topological polar surface area (TPSA) is 120 Å². The number of hydrogen-bond acceptors (Lipinski definition) is 4. The van der Waals surface area contributed by atoms with Crippen LogP contribution in [0.3, 0.4) is 0 Å². The lowest BCUT2D eigenvalue weighted by atomic mass is 10.1. The summed E-state index contributed by atoms with van der Waals surface area (Å²) in [6.45, 7) is 0.132. The summed E-state index contributed by atoms with van der Waals surface area (Å²) in [6, 6.07) is 6.75. The maximum absolute atomic E-state index is 11.7. The fourth-order valence-electron chi connectivity index (χ4n) is 1.60. The molecular weight excluding hydrogens is 262 g/mol. The van der Waals surface area contributed by atoms with Gasteiger partial charge in [0.25, 0.3) is 0 Å². The molecule has 104 valence electrons. The van der Waals surface area contributed by atoms with Gasteiger partial charge in [-0.3, -0.25) is 5.10 Å². The van der Waals surface area contributed by atoms with Gasteiger partial charge in [-0.15, -0.1) is 0 Å². The second kappa shape index (κ2) is 6.32. The quantitative estimate of drug-likeness (QED) is 0.630. The lowest BCUT2D eigenvalue weighted by Crippen LogP contribution is -2.40. The monoisotopic (exact) mass is 275 g/mol. The minimum absolute atomic E-state index is 0.132. The fourth-order valence-corrected chi connectivity index (χ4v) is 1.60. The van der Waals surface area contributed by atoms with Crippen LogP contribution in [0.1, 0.15) is 17.4 Å². The van der Waals surface area contributed by atoms with Gasteiger partial charge in [0.15, 0.2) is 6.04 Å². The van der Waals surface area contributed by atoms with Crippen LogP contribution in [0.15, 0.2) is 36.7 Å². The van der Waals surface area contributed by atoms with Crippen LogP contribution >= 0.6 is 0 Å². The number of nitrogens with zero attached hydrogens (tertiary/aromatic N) is 2. The van der Waals surface area contributed by atoms with Gasteiger partial charge in [0.05, 0.1) is 6.54 Å². The average molecular weight is 275 g/mol. The van der Waals surface area contributed by atoms with E-state index in [1.807, 2.05) is 0 Å². The first-order valence-electron chi connectivity index (χ1n) is 5.83. The molecule has 1 heterocycles. The van der Waals surface area contributed by atoms with E-state index in [0.717, 1.165) is 0 Å². The minimum Gasteiger partial charge on any atom is -0.479 e. The molecule has 2 amide bonds. The molecule has 0 aliphatic heterocycles. The van der Waals surface area contributed by atoms with Gasteiger partial charge in [0.2, 0.25) is 0 Å². The maximum atomic E-state index is 11.7. The molecule has 0 unspecified atom stereocenters. The number of nitrogens with one attached hydrogen (secondary N) is 3. The third-order valence-corrected chi connectivity index (χ3v) is 2.54. The molecule has 1 aromatic carbocycles. The van der Waals surface area contributed by atoms with E-state index >= 15 is 0 Å². The Balaban J connectivity index is 1.95. The van der Waals surface area contributed by atoms with Gasteiger partial charge in [-0.05, 0) is 5.56 Å². The number of H-pyrrole nitrogens is 1. The summed E-state index contributed by atoms with van der Waals surface area (Å²) in [5.74, 6) is -0.655. The molecule has 2 rings (SSSR count). The zero-order chi connectivity index (χ0) is 14.4. The summed E-state index contributed by atoms with van der Waals surface area (Å²) in [7, 11) is 0. The second-order valence-corrected chi connectivity index (χ2v) is 3.94. The number of aromatic nitrogens is 3. The molecule has 8 nitrogen and oxygen atoms in total. The molecule has 0 spiro atoms. The van der Waals surface area contributed by atoms with Gasteiger partial charge in [0.1, 0.15) is 12.2 Å². The van der Waals surface area contributed by atoms with Crippen molar-refractivity contribution in [1.82, 2.24) is 25.8 Å². The lowest BCUT2D eigenvalue weighted by molar-refractivity contribution is -0.139. The molecule has 20 heavy (non-hydrogen) atoms. The third-order valence-electron chi connectivity index (χ3n) is 2.54. The molecule has 0 bridgehead atoms. The van der Waals surface area contributed by atoms with Gasteiger partial charge in [0, 0.05) is 0 Å². The molecule has 0 aliphatic carbocycles. The molecule has 0 saturated carbocycles. The largest absolute Gasteiger partial charge is 0.479 e. The number of amides is 2. The first kappa shape index (κ1) is 13.5. The van der Waals surface area contributed by atoms with Crippen LogP contribution in [0.2, 0.25) is 0 Å². The highest BCUT2D eigenvalue weighted by Crippen LogP contribution is 2.12. The lowest BCUT2D eigenvalue weighted by Gasteiger charge is -2.15. The number of carboxylic acid groups (broad SMARTS) is 1. The summed E-state index contributed by atoms with van der Waals surface area (Å²) in [6.07, 6.45) is 1.32. The smallest absolute Gasteiger partial charge is 0.330 e. The number of benzene rings is 1. The van der Waals surface area contributed by atoms with Crippen LogP contribution in [0.5, 0.6) is 0 Å². The zero-order valence-corrected chi connectivity index (χ0v) is 10.4. The Morgan fingerprint density at radius 2 is 2.05 bits per heavy atom. The Bertz CT molecular complexity index is 570. The molecule has 0 saturated heterocycles. The summed E-state index contributed by atoms with van der Waals surface area (Å²) < 4.78 is 0. The predicted octanol–water partition coefficient (Wildman–Crippen LogP) is 0.430. The van der Waals surface area contributed by atoms with E-state index in [1.165, 1.54) is 6.33 Å². The van der Waals surface area contributed by atoms with E-state index in [4.69, 9.17) is 5.11 Å². The van der Waals surface area contributed by atoms with Crippen molar-refractivity contribution in [3.8, 4) is 0 Å². The van der Waals surface area contributed by atoms with Gasteiger partial charge < -0.3 is 15.7 Å². The molecule has 0 fully saturated rings. The van der Waals surface area contributed by atoms with Crippen molar-refractivity contribution in [2.24, 2.45) is 0 Å². The normalized spacial score (nSPS) is 11.6. The van der Waals surface area contributed by atoms with Crippen molar-refractivity contribution in [3.63, 3.8) is 0 Å². The van der Waals surface area contributed by atoms with Crippen molar-refractivity contribution in [2.75, 3.05) is 0 Å². The molecule has 8 heteroatoms. The van der Waals surface area contributed by atoms with Gasteiger partial charge in [-0.2, -0.15) is 5.10 Å². The van der Waals surface area contributed by atoms with Crippen LogP contribution in [0.25, 0.3) is 0 Å². The minimum atomic E-state index is -1.13. The first-order valence-corrected chi connectivity index (χ1v) is 5.83. The zero-order valence-electron chi connectivity index (χ0n) is 10.4. The Morgan fingerprint density at radius 1 is 1.30 bits per heavy atom. The third kappa shape index (κ3) is 3.55. The van der Waals surface area contributed by atoms with Crippen molar-refractivity contribution in [3.05, 3.63) is 48.0 Å². The molecule has 0 aliphatic rings. The number of carboxylic acids is 1. The maximum Gasteiger partial charge on any atom is 0.330 e. The van der Waals surface area contributed by atoms with Crippen molar-refractivity contribution >= 4 is 12.0 Å². The van der Waals surface area contributed by atoms with Gasteiger partial charge in [-0.25, -0.2) is 14.6 Å². The number of urea groups is 1. The van der Waals surface area contributed by atoms with Crippen molar-refractivity contribution in [2.45, 2.75) is 12.6 Å². The van der Waals surface area contributed by atoms with E-state index in [1.54, 1.807) is 30.3 Å². The highest BCUT2D eigenvalue weighted by atomic mass is 16.4. The summed E-state index contributed by atoms with van der Waals surface area (Å²) in [4.78, 5) is 26.7. The Kier molecular flexibility index (Phi) is 4.28. The number of aromatic amines is 1. The number of carbonyl (C=O) groups excluding carboxylic acids is 1. The number of carbonyl (C=O) groups is 2. The second-order valence-electron chi connectivity index (χ2n) is 3.94. The number of rotatable bonds is 5. The van der Waals surface area contributed by atoms with Crippen LogP contribution in [-0.4, -0.2) is 32.3 Å². The number of hydrogen-bond donors (Lipinski definition) is 4. The summed E-state index contributed by atoms with van der Waals surface area (Å²) in [5.41, 5.74) is 0.495. The van der Waals surface area contributed by atoms with E-state index in [9.17, 15) is 9.59 Å². The van der Waals surface area contributed by atoms with E-state index in [0.29, 0.717) is 11.4 Å². The highest BCUT2D eigenvalue weighted by Gasteiger charge is 2.21. The molecule has 2 aromatic rings. The SMILES string of the molecule is O=C(NCc1ncn[nH]1)N[C@H](C(=O)O)c1ccccc1. The summed E-state index contributed by atoms with van der Waals surface area (Å²) in [5, 5.41) is 20.2. The first-order chi connectivity index (χ1) is 9.66. The van der Waals surface area contributed by atoms with E-state index < -0.39 is 18.0 Å². The fraction of sp³-hybridized carbons (Fsp3) is 0.167. The van der Waals surface area contributed by atoms with E-state index in [-0.39, 0.29) is 6.54 Å². The number of aliphatic carboxylic acids is 1. The van der Waals surface area contributed by atoms with Crippen LogP contribution in [0.4, 0.5) is 4.79 Å². The van der Waals surface area contributed by atoms with Crippen LogP contribution in [0, 0.1) is 0 Å². The van der Waals surface area contributed by atoms with Crippen LogP contribution < -0.4 is 10.6 Å². The molecule has 1 atom stereocenters. The van der Waals surface area contributed by atoms with Crippen molar-refractivity contribution in [1.29, 1.82) is 0 Å². The Morgan fingerprint density at radius 3 is 2.65 bits per heavy atom. The average Bonchev–Trinajstić information content (AvgIpc) is 2.96. The molecule has 4 N–H and O–H groups in total. The predicted molar refractivity (Wildman–Crippen MR) is 68.6 cm³/mol. The molecular formula is C12H13N5O3. The molecule has 1 aromatic heterocycles. The van der Waals surface area contributed by atoms with Crippen molar-refractivity contribution < 1.29 is 14.7 Å².